The Kier molecular flexibility index (Phi) is 6.64. The van der Waals surface area contributed by atoms with Crippen LogP contribution in [0, 0.1) is 6.92 Å². The fourth-order valence-corrected chi connectivity index (χ4v) is 3.87. The normalized spacial score (nSPS) is 12.3. The second-order valence-electron chi connectivity index (χ2n) is 5.25. The van der Waals surface area contributed by atoms with E-state index in [1.807, 2.05) is 33.2 Å². The summed E-state index contributed by atoms with van der Waals surface area (Å²) in [5.41, 5.74) is 0.772. The first kappa shape index (κ1) is 17.6. The van der Waals surface area contributed by atoms with Gasteiger partial charge in [-0.3, -0.25) is 0 Å². The smallest absolute Gasteiger partial charge is 0.243 e. The summed E-state index contributed by atoms with van der Waals surface area (Å²) >= 11 is 3.33. The van der Waals surface area contributed by atoms with E-state index in [0.717, 1.165) is 29.4 Å². The van der Waals surface area contributed by atoms with Gasteiger partial charge < -0.3 is 4.90 Å². The van der Waals surface area contributed by atoms with Gasteiger partial charge in [0, 0.05) is 18.1 Å². The minimum absolute atomic E-state index is 0.377. The third kappa shape index (κ3) is 4.84. The Labute approximate surface area is 130 Å². The molecular weight excluding hydrogens is 340 g/mol. The molecule has 0 saturated carbocycles. The van der Waals surface area contributed by atoms with Crippen LogP contribution in [0.15, 0.2) is 27.6 Å². The molecule has 6 heteroatoms. The Bertz CT molecular complexity index is 544. The average Bonchev–Trinajstić information content (AvgIpc) is 2.36. The zero-order valence-electron chi connectivity index (χ0n) is 12.6. The zero-order chi connectivity index (χ0) is 15.3. The predicted molar refractivity (Wildman–Crippen MR) is 86.5 cm³/mol. The Hall–Kier alpha value is -0.430. The van der Waals surface area contributed by atoms with Crippen molar-refractivity contribution >= 4 is 26.0 Å². The molecule has 0 aliphatic carbocycles. The van der Waals surface area contributed by atoms with Gasteiger partial charge in [-0.2, -0.15) is 0 Å². The number of nitrogens with zero attached hydrogens (tertiary/aromatic N) is 2. The summed E-state index contributed by atoms with van der Waals surface area (Å²) in [6.07, 6.45) is 1.85. The molecule has 114 valence electrons. The maximum absolute atomic E-state index is 12.5. The number of halogens is 1. The highest BCUT2D eigenvalue weighted by atomic mass is 79.9. The van der Waals surface area contributed by atoms with Crippen molar-refractivity contribution in [2.24, 2.45) is 0 Å². The maximum atomic E-state index is 12.5. The van der Waals surface area contributed by atoms with Crippen molar-refractivity contribution in [3.63, 3.8) is 0 Å². The molecule has 0 aliphatic heterocycles. The minimum atomic E-state index is -3.40. The first-order valence-corrected chi connectivity index (χ1v) is 8.85. The number of hydrogen-bond acceptors (Lipinski definition) is 3. The van der Waals surface area contributed by atoms with Gasteiger partial charge in [-0.05, 0) is 58.1 Å². The van der Waals surface area contributed by atoms with Gasteiger partial charge in [-0.15, -0.1) is 0 Å². The fourth-order valence-electron chi connectivity index (χ4n) is 1.90. The largest absolute Gasteiger partial charge is 0.309 e. The molecule has 0 heterocycles. The molecule has 1 rings (SSSR count). The third-order valence-corrected chi connectivity index (χ3v) is 5.66. The topological polar surface area (TPSA) is 40.6 Å². The van der Waals surface area contributed by atoms with E-state index in [4.69, 9.17) is 0 Å². The van der Waals surface area contributed by atoms with Crippen LogP contribution in [0.5, 0.6) is 0 Å². The van der Waals surface area contributed by atoms with Crippen molar-refractivity contribution in [3.8, 4) is 0 Å². The summed E-state index contributed by atoms with van der Waals surface area (Å²) in [6, 6.07) is 5.34. The van der Waals surface area contributed by atoms with Crippen LogP contribution < -0.4 is 0 Å². The lowest BCUT2D eigenvalue weighted by molar-refractivity contribution is 0.378. The molecular formula is C14H23BrN2O2S. The van der Waals surface area contributed by atoms with Gasteiger partial charge >= 0.3 is 0 Å². The molecule has 0 spiro atoms. The molecule has 1 aromatic rings. The summed E-state index contributed by atoms with van der Waals surface area (Å²) in [5.74, 6) is 0. The van der Waals surface area contributed by atoms with Crippen LogP contribution >= 0.6 is 15.9 Å². The van der Waals surface area contributed by atoms with Crippen molar-refractivity contribution in [1.29, 1.82) is 0 Å². The van der Waals surface area contributed by atoms with E-state index in [9.17, 15) is 8.42 Å². The Morgan fingerprint density at radius 1 is 1.10 bits per heavy atom. The van der Waals surface area contributed by atoms with Gasteiger partial charge in [-0.25, -0.2) is 12.7 Å². The summed E-state index contributed by atoms with van der Waals surface area (Å²) in [7, 11) is 2.28. The molecule has 4 nitrogen and oxygen atoms in total. The number of benzene rings is 1. The van der Waals surface area contributed by atoms with Crippen LogP contribution in [0.1, 0.15) is 18.4 Å². The SMILES string of the molecule is Cc1ccc(Br)cc1S(=O)(=O)N(C)CCCCN(C)C. The Morgan fingerprint density at radius 2 is 1.70 bits per heavy atom. The molecule has 20 heavy (non-hydrogen) atoms. The van der Waals surface area contributed by atoms with Gasteiger partial charge in [0.1, 0.15) is 0 Å². The van der Waals surface area contributed by atoms with E-state index in [2.05, 4.69) is 20.8 Å². The Morgan fingerprint density at radius 3 is 2.30 bits per heavy atom. The number of hydrogen-bond donors (Lipinski definition) is 0. The van der Waals surface area contributed by atoms with E-state index in [1.165, 1.54) is 4.31 Å². The highest BCUT2D eigenvalue weighted by Crippen LogP contribution is 2.23. The molecule has 0 atom stereocenters. The number of sulfonamides is 1. The highest BCUT2D eigenvalue weighted by molar-refractivity contribution is 9.10. The first-order chi connectivity index (χ1) is 9.25. The van der Waals surface area contributed by atoms with Crippen molar-refractivity contribution in [1.82, 2.24) is 9.21 Å². The van der Waals surface area contributed by atoms with E-state index in [0.29, 0.717) is 11.4 Å². The maximum Gasteiger partial charge on any atom is 0.243 e. The van der Waals surface area contributed by atoms with Gasteiger partial charge in [0.25, 0.3) is 0 Å². The fraction of sp³-hybridized carbons (Fsp3) is 0.571. The average molecular weight is 363 g/mol. The lowest BCUT2D eigenvalue weighted by atomic mass is 10.2. The van der Waals surface area contributed by atoms with E-state index in [-0.39, 0.29) is 0 Å². The van der Waals surface area contributed by atoms with Gasteiger partial charge in [0.15, 0.2) is 0 Å². The first-order valence-electron chi connectivity index (χ1n) is 6.62. The van der Waals surface area contributed by atoms with E-state index in [1.54, 1.807) is 13.1 Å². The van der Waals surface area contributed by atoms with E-state index < -0.39 is 10.0 Å². The van der Waals surface area contributed by atoms with Gasteiger partial charge in [0.2, 0.25) is 10.0 Å². The van der Waals surface area contributed by atoms with Crippen LogP contribution in [0.4, 0.5) is 0 Å². The quantitative estimate of drug-likeness (QED) is 0.700. The molecule has 0 N–H and O–H groups in total. The molecule has 0 aromatic heterocycles. The van der Waals surface area contributed by atoms with Gasteiger partial charge in [0.05, 0.1) is 4.90 Å². The number of unbranched alkanes of at least 4 members (excludes halogenated alkanes) is 1. The second-order valence-corrected chi connectivity index (χ2v) is 8.18. The predicted octanol–water partition coefficient (Wildman–Crippen LogP) is 2.72. The monoisotopic (exact) mass is 362 g/mol. The van der Waals surface area contributed by atoms with Crippen molar-refractivity contribution in [2.75, 3.05) is 34.2 Å². The van der Waals surface area contributed by atoms with Gasteiger partial charge in [-0.1, -0.05) is 22.0 Å². The van der Waals surface area contributed by atoms with Crippen LogP contribution in [-0.4, -0.2) is 51.9 Å². The van der Waals surface area contributed by atoms with Crippen molar-refractivity contribution in [3.05, 3.63) is 28.2 Å². The van der Waals surface area contributed by atoms with Crippen molar-refractivity contribution < 1.29 is 8.42 Å². The molecule has 1 aromatic carbocycles. The Balaban J connectivity index is 2.75. The number of rotatable bonds is 7. The summed E-state index contributed by atoms with van der Waals surface area (Å²) in [6.45, 7) is 3.34. The third-order valence-electron chi connectivity index (χ3n) is 3.17. The van der Waals surface area contributed by atoms with Crippen LogP contribution in [-0.2, 0) is 10.0 Å². The molecule has 0 unspecified atom stereocenters. The van der Waals surface area contributed by atoms with Crippen LogP contribution in [0.2, 0.25) is 0 Å². The molecule has 0 bridgehead atoms. The summed E-state index contributed by atoms with van der Waals surface area (Å²) in [5, 5.41) is 0. The molecule has 0 aliphatic rings. The lowest BCUT2D eigenvalue weighted by Gasteiger charge is -2.19. The van der Waals surface area contributed by atoms with Crippen LogP contribution in [0.3, 0.4) is 0 Å². The van der Waals surface area contributed by atoms with Crippen molar-refractivity contribution in [2.45, 2.75) is 24.7 Å². The highest BCUT2D eigenvalue weighted by Gasteiger charge is 2.22. The standard InChI is InChI=1S/C14H23BrN2O2S/c1-12-7-8-13(15)11-14(12)20(18,19)17(4)10-6-5-9-16(2)3/h7-8,11H,5-6,9-10H2,1-4H3. The summed E-state index contributed by atoms with van der Waals surface area (Å²) < 4.78 is 27.3. The minimum Gasteiger partial charge on any atom is -0.309 e. The second kappa shape index (κ2) is 7.54. The number of aryl methyl sites for hydroxylation is 1. The molecule has 0 radical (unpaired) electrons. The molecule has 0 saturated heterocycles. The van der Waals surface area contributed by atoms with E-state index >= 15 is 0 Å². The molecule has 0 fully saturated rings. The summed E-state index contributed by atoms with van der Waals surface area (Å²) in [4.78, 5) is 2.48. The lowest BCUT2D eigenvalue weighted by Crippen LogP contribution is -2.29. The zero-order valence-corrected chi connectivity index (χ0v) is 15.0. The van der Waals surface area contributed by atoms with Crippen LogP contribution in [0.25, 0.3) is 0 Å². The molecule has 0 amide bonds.